The van der Waals surface area contributed by atoms with Crippen LogP contribution < -0.4 is 11.0 Å². The molecule has 0 aliphatic heterocycles. The number of H-pyrrole nitrogens is 1. The highest BCUT2D eigenvalue weighted by Gasteiger charge is 2.12. The molecule has 8 nitrogen and oxygen atoms in total. The fourth-order valence-corrected chi connectivity index (χ4v) is 2.59. The number of aryl methyl sites for hydroxylation is 1. The number of amides is 1. The molecular weight excluding hydrogens is 322 g/mol. The number of aromatic amines is 1. The van der Waals surface area contributed by atoms with Crippen LogP contribution in [-0.2, 0) is 13.1 Å². The molecule has 0 atom stereocenters. The normalized spacial score (nSPS) is 11.4. The lowest BCUT2D eigenvalue weighted by atomic mass is 10.2. The maximum atomic E-state index is 12.4. The molecule has 0 aliphatic carbocycles. The Balaban J connectivity index is 1.80. The van der Waals surface area contributed by atoms with Crippen LogP contribution in [0.1, 0.15) is 21.8 Å². The van der Waals surface area contributed by atoms with E-state index in [4.69, 9.17) is 4.52 Å². The van der Waals surface area contributed by atoms with Crippen molar-refractivity contribution in [1.82, 2.24) is 24.9 Å². The topological polar surface area (TPSA) is 96.2 Å². The quantitative estimate of drug-likeness (QED) is 0.699. The van der Waals surface area contributed by atoms with E-state index in [9.17, 15) is 9.59 Å². The number of imidazole rings is 1. The van der Waals surface area contributed by atoms with Gasteiger partial charge < -0.3 is 19.7 Å². The second kappa shape index (κ2) is 6.94. The summed E-state index contributed by atoms with van der Waals surface area (Å²) in [5.41, 5.74) is 2.42. The third-order valence-electron chi connectivity index (χ3n) is 3.92. The Kier molecular flexibility index (Phi) is 4.71. The molecule has 0 spiro atoms. The molecule has 132 valence electrons. The maximum Gasteiger partial charge on any atom is 0.326 e. The van der Waals surface area contributed by atoms with Crippen LogP contribution >= 0.6 is 0 Å². The van der Waals surface area contributed by atoms with Crippen molar-refractivity contribution in [2.45, 2.75) is 20.0 Å². The molecule has 2 aromatic heterocycles. The van der Waals surface area contributed by atoms with Gasteiger partial charge in [-0.15, -0.1) is 0 Å². The predicted molar refractivity (Wildman–Crippen MR) is 93.5 cm³/mol. The third-order valence-corrected chi connectivity index (χ3v) is 3.92. The van der Waals surface area contributed by atoms with Gasteiger partial charge in [-0.05, 0) is 39.2 Å². The van der Waals surface area contributed by atoms with E-state index in [2.05, 4.69) is 15.5 Å². The van der Waals surface area contributed by atoms with E-state index in [1.54, 1.807) is 35.8 Å². The second-order valence-corrected chi connectivity index (χ2v) is 6.23. The molecule has 3 rings (SSSR count). The molecule has 0 radical (unpaired) electrons. The SMILES string of the molecule is Cc1cc(CNC(=O)c2ccc3[nH]c(=O)n(CCN(C)C)c3c2)no1. The molecule has 0 unspecified atom stereocenters. The summed E-state index contributed by atoms with van der Waals surface area (Å²) in [6.45, 7) is 3.36. The first-order chi connectivity index (χ1) is 11.9. The average Bonchev–Trinajstić information content (AvgIpc) is 3.12. The summed E-state index contributed by atoms with van der Waals surface area (Å²) < 4.78 is 6.62. The van der Waals surface area contributed by atoms with Crippen LogP contribution in [0.15, 0.2) is 33.6 Å². The Bertz CT molecular complexity index is 951. The van der Waals surface area contributed by atoms with E-state index in [1.165, 1.54) is 0 Å². The molecule has 25 heavy (non-hydrogen) atoms. The summed E-state index contributed by atoms with van der Waals surface area (Å²) in [7, 11) is 3.90. The van der Waals surface area contributed by atoms with Crippen molar-refractivity contribution < 1.29 is 9.32 Å². The minimum Gasteiger partial charge on any atom is -0.361 e. The maximum absolute atomic E-state index is 12.4. The van der Waals surface area contributed by atoms with Crippen LogP contribution in [0.2, 0.25) is 0 Å². The molecule has 2 N–H and O–H groups in total. The molecule has 0 aliphatic rings. The van der Waals surface area contributed by atoms with E-state index in [0.717, 1.165) is 12.1 Å². The van der Waals surface area contributed by atoms with Gasteiger partial charge in [0.2, 0.25) is 0 Å². The zero-order valence-electron chi connectivity index (χ0n) is 14.5. The van der Waals surface area contributed by atoms with E-state index >= 15 is 0 Å². The van der Waals surface area contributed by atoms with Gasteiger partial charge in [-0.2, -0.15) is 0 Å². The number of nitrogens with zero attached hydrogens (tertiary/aromatic N) is 3. The molecule has 0 saturated carbocycles. The zero-order valence-corrected chi connectivity index (χ0v) is 14.5. The lowest BCUT2D eigenvalue weighted by molar-refractivity contribution is 0.0950. The van der Waals surface area contributed by atoms with Crippen molar-refractivity contribution in [3.63, 3.8) is 0 Å². The predicted octanol–water partition coefficient (Wildman–Crippen LogP) is 1.12. The average molecular weight is 343 g/mol. The summed E-state index contributed by atoms with van der Waals surface area (Å²) >= 11 is 0. The van der Waals surface area contributed by atoms with Crippen LogP contribution in [0.5, 0.6) is 0 Å². The molecule has 0 saturated heterocycles. The Morgan fingerprint density at radius 3 is 2.84 bits per heavy atom. The highest BCUT2D eigenvalue weighted by Crippen LogP contribution is 2.13. The molecule has 0 fully saturated rings. The number of benzene rings is 1. The van der Waals surface area contributed by atoms with Crippen LogP contribution in [0.3, 0.4) is 0 Å². The van der Waals surface area contributed by atoms with Gasteiger partial charge in [-0.1, -0.05) is 5.16 Å². The first-order valence-electron chi connectivity index (χ1n) is 8.02. The van der Waals surface area contributed by atoms with Crippen LogP contribution in [0.25, 0.3) is 11.0 Å². The van der Waals surface area contributed by atoms with Gasteiger partial charge in [0.15, 0.2) is 0 Å². The smallest absolute Gasteiger partial charge is 0.326 e. The minimum absolute atomic E-state index is 0.174. The van der Waals surface area contributed by atoms with Crippen LogP contribution in [-0.4, -0.2) is 46.2 Å². The number of hydrogen-bond donors (Lipinski definition) is 2. The number of likely N-dealkylation sites (N-methyl/N-ethyl adjacent to an activating group) is 1. The summed E-state index contributed by atoms with van der Waals surface area (Å²) in [6.07, 6.45) is 0. The van der Waals surface area contributed by atoms with Crippen molar-refractivity contribution in [2.24, 2.45) is 0 Å². The summed E-state index contributed by atoms with van der Waals surface area (Å²) in [5.74, 6) is 0.471. The molecule has 1 amide bonds. The van der Waals surface area contributed by atoms with Gasteiger partial charge >= 0.3 is 5.69 Å². The van der Waals surface area contributed by atoms with Gasteiger partial charge in [-0.3, -0.25) is 9.36 Å². The van der Waals surface area contributed by atoms with Crippen LogP contribution in [0.4, 0.5) is 0 Å². The fourth-order valence-electron chi connectivity index (χ4n) is 2.59. The van der Waals surface area contributed by atoms with Crippen molar-refractivity contribution >= 4 is 16.9 Å². The Morgan fingerprint density at radius 2 is 2.16 bits per heavy atom. The number of rotatable bonds is 6. The van der Waals surface area contributed by atoms with Gasteiger partial charge in [0.05, 0.1) is 17.6 Å². The van der Waals surface area contributed by atoms with Gasteiger partial charge in [0.1, 0.15) is 11.5 Å². The lowest BCUT2D eigenvalue weighted by Gasteiger charge is -2.10. The van der Waals surface area contributed by atoms with Crippen molar-refractivity contribution in [1.29, 1.82) is 0 Å². The Hall–Kier alpha value is -2.87. The highest BCUT2D eigenvalue weighted by molar-refractivity contribution is 5.97. The molecule has 3 aromatic rings. The lowest BCUT2D eigenvalue weighted by Crippen LogP contribution is -2.25. The molecule has 8 heteroatoms. The van der Waals surface area contributed by atoms with E-state index in [0.29, 0.717) is 29.1 Å². The fraction of sp³-hybridized carbons (Fsp3) is 0.353. The molecule has 2 heterocycles. The van der Waals surface area contributed by atoms with E-state index in [-0.39, 0.29) is 18.1 Å². The van der Waals surface area contributed by atoms with Crippen molar-refractivity contribution in [3.05, 3.63) is 51.8 Å². The summed E-state index contributed by atoms with van der Waals surface area (Å²) in [5, 5.41) is 6.65. The van der Waals surface area contributed by atoms with E-state index in [1.807, 2.05) is 19.0 Å². The number of aromatic nitrogens is 3. The van der Waals surface area contributed by atoms with Gasteiger partial charge in [0.25, 0.3) is 5.91 Å². The highest BCUT2D eigenvalue weighted by atomic mass is 16.5. The summed E-state index contributed by atoms with van der Waals surface area (Å²) in [4.78, 5) is 29.3. The standard InChI is InChI=1S/C17H21N5O3/c1-11-8-13(20-25-11)10-18-16(23)12-4-5-14-15(9-12)22(17(24)19-14)7-6-21(2)3/h4-5,8-9H,6-7,10H2,1-3H3,(H,18,23)(H,19,24). The monoisotopic (exact) mass is 343 g/mol. The molecule has 1 aromatic carbocycles. The minimum atomic E-state index is -0.227. The molecule has 0 bridgehead atoms. The zero-order chi connectivity index (χ0) is 18.0. The number of carbonyl (C=O) groups excluding carboxylic acids is 1. The number of fused-ring (bicyclic) bond motifs is 1. The number of nitrogens with one attached hydrogen (secondary N) is 2. The summed E-state index contributed by atoms with van der Waals surface area (Å²) in [6, 6.07) is 6.94. The Morgan fingerprint density at radius 1 is 1.36 bits per heavy atom. The largest absolute Gasteiger partial charge is 0.361 e. The van der Waals surface area contributed by atoms with Gasteiger partial charge in [-0.25, -0.2) is 4.79 Å². The second-order valence-electron chi connectivity index (χ2n) is 6.23. The van der Waals surface area contributed by atoms with Crippen LogP contribution in [0, 0.1) is 6.92 Å². The number of carbonyl (C=O) groups is 1. The first-order valence-corrected chi connectivity index (χ1v) is 8.02. The Labute approximate surface area is 144 Å². The van der Waals surface area contributed by atoms with Gasteiger partial charge in [0, 0.05) is 24.7 Å². The third kappa shape index (κ3) is 3.80. The van der Waals surface area contributed by atoms with Crippen molar-refractivity contribution in [3.8, 4) is 0 Å². The van der Waals surface area contributed by atoms with E-state index < -0.39 is 0 Å². The first kappa shape index (κ1) is 17.0. The molecular formula is C17H21N5O3. The number of hydrogen-bond acceptors (Lipinski definition) is 5. The van der Waals surface area contributed by atoms with Crippen molar-refractivity contribution in [2.75, 3.05) is 20.6 Å².